The second-order valence-electron chi connectivity index (χ2n) is 6.01. The Morgan fingerprint density at radius 3 is 2.96 bits per heavy atom. The number of nitrogens with two attached hydrogens (primary N) is 1. The molecule has 1 aromatic carbocycles. The average Bonchev–Trinajstić information content (AvgIpc) is 3.00. The lowest BCUT2D eigenvalue weighted by Crippen LogP contribution is -2.29. The minimum atomic E-state index is -0.723. The van der Waals surface area contributed by atoms with Gasteiger partial charge >= 0.3 is 0 Å². The largest absolute Gasteiger partial charge is 0.379 e. The van der Waals surface area contributed by atoms with Crippen LogP contribution in [0, 0.1) is 5.82 Å². The summed E-state index contributed by atoms with van der Waals surface area (Å²) < 4.78 is 15.4. The maximum absolute atomic E-state index is 14.4. The van der Waals surface area contributed by atoms with Gasteiger partial charge in [-0.15, -0.1) is 11.3 Å². The van der Waals surface area contributed by atoms with Crippen molar-refractivity contribution in [3.05, 3.63) is 56.5 Å². The molecule has 4 nitrogen and oxygen atoms in total. The summed E-state index contributed by atoms with van der Waals surface area (Å²) in [6, 6.07) is 6.45. The zero-order valence-electron chi connectivity index (χ0n) is 14.0. The van der Waals surface area contributed by atoms with Crippen molar-refractivity contribution in [2.24, 2.45) is 10.7 Å². The standard InChI is InChI=1S/C18H17BrFN3OS2/c1-18(6-7-25-17(21)23-18)14-9-12(2-4-15(14)20)22-16(24)5-3-13-8-11(19)10-26-13/h2-5,8-10H,6-7H2,1H3,(H2,21,23)(H,22,24). The maximum Gasteiger partial charge on any atom is 0.248 e. The molecule has 1 atom stereocenters. The topological polar surface area (TPSA) is 67.5 Å². The third-order valence-corrected chi connectivity index (χ3v) is 6.45. The van der Waals surface area contributed by atoms with Crippen LogP contribution >= 0.6 is 39.0 Å². The van der Waals surface area contributed by atoms with Crippen LogP contribution in [-0.4, -0.2) is 16.8 Å². The Kier molecular flexibility index (Phi) is 5.84. The molecular weight excluding hydrogens is 437 g/mol. The number of anilines is 1. The minimum absolute atomic E-state index is 0.278. The molecule has 1 aromatic heterocycles. The fourth-order valence-electron chi connectivity index (χ4n) is 2.65. The number of carbonyl (C=O) groups is 1. The Bertz CT molecular complexity index is 896. The van der Waals surface area contributed by atoms with E-state index in [1.807, 2.05) is 18.4 Å². The Hall–Kier alpha value is -1.64. The van der Waals surface area contributed by atoms with Gasteiger partial charge in [-0.25, -0.2) is 4.39 Å². The number of hydrogen-bond acceptors (Lipinski definition) is 5. The molecule has 1 aliphatic heterocycles. The van der Waals surface area contributed by atoms with Crippen molar-refractivity contribution in [2.75, 3.05) is 11.1 Å². The van der Waals surface area contributed by atoms with E-state index >= 15 is 0 Å². The molecule has 0 spiro atoms. The molecule has 26 heavy (non-hydrogen) atoms. The van der Waals surface area contributed by atoms with Gasteiger partial charge in [0.05, 0.1) is 5.54 Å². The normalized spacial score (nSPS) is 20.2. The highest BCUT2D eigenvalue weighted by molar-refractivity contribution is 9.10. The van der Waals surface area contributed by atoms with Crippen molar-refractivity contribution < 1.29 is 9.18 Å². The number of nitrogens with zero attached hydrogens (tertiary/aromatic N) is 1. The molecule has 1 unspecified atom stereocenters. The van der Waals surface area contributed by atoms with Gasteiger partial charge in [0.1, 0.15) is 5.82 Å². The van der Waals surface area contributed by atoms with E-state index < -0.39 is 5.54 Å². The molecule has 0 bridgehead atoms. The number of rotatable bonds is 4. The Morgan fingerprint density at radius 1 is 1.46 bits per heavy atom. The quantitative estimate of drug-likeness (QED) is 0.642. The van der Waals surface area contributed by atoms with E-state index in [2.05, 4.69) is 26.2 Å². The van der Waals surface area contributed by atoms with Crippen molar-refractivity contribution in [1.29, 1.82) is 0 Å². The number of thiophene rings is 1. The van der Waals surface area contributed by atoms with Gasteiger partial charge in [-0.05, 0) is 59.6 Å². The van der Waals surface area contributed by atoms with Crippen LogP contribution < -0.4 is 11.1 Å². The predicted molar refractivity (Wildman–Crippen MR) is 112 cm³/mol. The lowest BCUT2D eigenvalue weighted by Gasteiger charge is -2.30. The van der Waals surface area contributed by atoms with Crippen LogP contribution in [0.1, 0.15) is 23.8 Å². The van der Waals surface area contributed by atoms with E-state index in [9.17, 15) is 9.18 Å². The first-order valence-corrected chi connectivity index (χ1v) is 10.5. The number of amides is 1. The van der Waals surface area contributed by atoms with Gasteiger partial charge < -0.3 is 11.1 Å². The maximum atomic E-state index is 14.4. The fourth-order valence-corrected chi connectivity index (χ4v) is 4.97. The number of halogens is 2. The molecule has 2 heterocycles. The van der Waals surface area contributed by atoms with Gasteiger partial charge in [0.15, 0.2) is 5.17 Å². The number of hydrogen-bond donors (Lipinski definition) is 2. The highest BCUT2D eigenvalue weighted by Gasteiger charge is 2.32. The van der Waals surface area contributed by atoms with Crippen LogP contribution in [0.25, 0.3) is 6.08 Å². The highest BCUT2D eigenvalue weighted by Crippen LogP contribution is 2.37. The van der Waals surface area contributed by atoms with Gasteiger partial charge in [-0.3, -0.25) is 9.79 Å². The molecule has 1 aliphatic rings. The summed E-state index contributed by atoms with van der Waals surface area (Å²) in [5.74, 6) is 0.147. The monoisotopic (exact) mass is 453 g/mol. The van der Waals surface area contributed by atoms with Crippen molar-refractivity contribution in [3.63, 3.8) is 0 Å². The second-order valence-corrected chi connectivity index (χ2v) is 8.98. The van der Waals surface area contributed by atoms with Crippen LogP contribution in [0.15, 0.2) is 45.2 Å². The molecule has 0 aliphatic carbocycles. The van der Waals surface area contributed by atoms with Gasteiger partial charge in [0, 0.05) is 37.8 Å². The van der Waals surface area contributed by atoms with Crippen LogP contribution in [-0.2, 0) is 10.3 Å². The highest BCUT2D eigenvalue weighted by atomic mass is 79.9. The van der Waals surface area contributed by atoms with Crippen LogP contribution in [0.3, 0.4) is 0 Å². The SMILES string of the molecule is CC1(c2cc(NC(=O)C=Cc3cc(Br)cs3)ccc2F)CCSC(N)=N1. The summed E-state index contributed by atoms with van der Waals surface area (Å²) in [4.78, 5) is 17.5. The van der Waals surface area contributed by atoms with E-state index in [-0.39, 0.29) is 11.7 Å². The van der Waals surface area contributed by atoms with E-state index in [1.54, 1.807) is 18.2 Å². The molecule has 3 N–H and O–H groups in total. The molecule has 2 aromatic rings. The number of benzene rings is 1. The summed E-state index contributed by atoms with van der Waals surface area (Å²) in [6.45, 7) is 1.86. The van der Waals surface area contributed by atoms with Crippen LogP contribution in [0.4, 0.5) is 10.1 Å². The number of thioether (sulfide) groups is 1. The van der Waals surface area contributed by atoms with Crippen molar-refractivity contribution in [2.45, 2.75) is 18.9 Å². The Labute approximate surface area is 167 Å². The minimum Gasteiger partial charge on any atom is -0.379 e. The van der Waals surface area contributed by atoms with E-state index in [0.29, 0.717) is 22.8 Å². The third-order valence-electron chi connectivity index (χ3n) is 4.00. The molecule has 136 valence electrons. The van der Waals surface area contributed by atoms with Crippen molar-refractivity contribution in [1.82, 2.24) is 0 Å². The number of nitrogens with one attached hydrogen (secondary N) is 1. The molecule has 0 fully saturated rings. The van der Waals surface area contributed by atoms with Gasteiger partial charge in [0.2, 0.25) is 5.91 Å². The van der Waals surface area contributed by atoms with E-state index in [1.165, 1.54) is 35.2 Å². The molecule has 0 radical (unpaired) electrons. The van der Waals surface area contributed by atoms with Crippen molar-refractivity contribution >= 4 is 61.9 Å². The summed E-state index contributed by atoms with van der Waals surface area (Å²) in [7, 11) is 0. The molecule has 0 saturated carbocycles. The summed E-state index contributed by atoms with van der Waals surface area (Å²) >= 11 is 6.37. The third kappa shape index (κ3) is 4.55. The summed E-state index contributed by atoms with van der Waals surface area (Å²) in [5, 5.41) is 5.17. The first kappa shape index (κ1) is 19.1. The lowest BCUT2D eigenvalue weighted by atomic mass is 9.89. The number of carbonyl (C=O) groups excluding carboxylic acids is 1. The van der Waals surface area contributed by atoms with Gasteiger partial charge in [0.25, 0.3) is 0 Å². The van der Waals surface area contributed by atoms with Crippen LogP contribution in [0.2, 0.25) is 0 Å². The predicted octanol–water partition coefficient (Wildman–Crippen LogP) is 4.97. The molecule has 8 heteroatoms. The molecule has 1 amide bonds. The first-order chi connectivity index (χ1) is 12.4. The molecule has 3 rings (SSSR count). The zero-order chi connectivity index (χ0) is 18.7. The summed E-state index contributed by atoms with van der Waals surface area (Å²) in [6.07, 6.45) is 3.87. The molecular formula is C18H17BrFN3OS2. The lowest BCUT2D eigenvalue weighted by molar-refractivity contribution is -0.111. The number of amidine groups is 1. The number of aliphatic imine (C=N–C) groups is 1. The Balaban J connectivity index is 1.78. The Morgan fingerprint density at radius 2 is 2.27 bits per heavy atom. The first-order valence-electron chi connectivity index (χ1n) is 7.87. The van der Waals surface area contributed by atoms with Gasteiger partial charge in [-0.2, -0.15) is 0 Å². The second kappa shape index (κ2) is 7.94. The summed E-state index contributed by atoms with van der Waals surface area (Å²) in [5.41, 5.74) is 6.06. The fraction of sp³-hybridized carbons (Fsp3) is 0.222. The van der Waals surface area contributed by atoms with Gasteiger partial charge in [-0.1, -0.05) is 11.8 Å². The van der Waals surface area contributed by atoms with E-state index in [4.69, 9.17) is 5.73 Å². The van der Waals surface area contributed by atoms with E-state index in [0.717, 1.165) is 15.1 Å². The van der Waals surface area contributed by atoms with Crippen LogP contribution in [0.5, 0.6) is 0 Å². The smallest absolute Gasteiger partial charge is 0.248 e. The average molecular weight is 454 g/mol. The zero-order valence-corrected chi connectivity index (χ0v) is 17.2. The van der Waals surface area contributed by atoms with Crippen molar-refractivity contribution in [3.8, 4) is 0 Å². The molecule has 0 saturated heterocycles.